The molecule has 0 aliphatic heterocycles. The molecule has 0 fully saturated rings. The average molecular weight is 454 g/mol. The number of oxazole rings is 1. The Kier molecular flexibility index (Phi) is 5.71. The van der Waals surface area contributed by atoms with E-state index in [9.17, 15) is 9.18 Å². The Morgan fingerprint density at radius 2 is 1.84 bits per heavy atom. The van der Waals surface area contributed by atoms with Crippen LogP contribution < -0.4 is 10.6 Å². The molecule has 1 aromatic heterocycles. The van der Waals surface area contributed by atoms with Gasteiger partial charge in [-0.2, -0.15) is 0 Å². The minimum atomic E-state index is -0.448. The summed E-state index contributed by atoms with van der Waals surface area (Å²) in [5, 5.41) is 6.06. The first-order chi connectivity index (χ1) is 14.8. The van der Waals surface area contributed by atoms with Gasteiger partial charge in [0.15, 0.2) is 10.7 Å². The minimum Gasteiger partial charge on any atom is -0.436 e. The molecule has 2 N–H and O–H groups in total. The number of nitrogens with one attached hydrogen (secondary N) is 2. The van der Waals surface area contributed by atoms with E-state index in [1.807, 2.05) is 26.0 Å². The second-order valence-electron chi connectivity index (χ2n) is 7.06. The van der Waals surface area contributed by atoms with Crippen molar-refractivity contribution in [2.75, 3.05) is 5.32 Å². The van der Waals surface area contributed by atoms with Crippen molar-refractivity contribution >= 4 is 51.6 Å². The summed E-state index contributed by atoms with van der Waals surface area (Å²) in [4.78, 5) is 16.8. The lowest BCUT2D eigenvalue weighted by atomic mass is 10.1. The van der Waals surface area contributed by atoms with Crippen LogP contribution in [-0.4, -0.2) is 16.0 Å². The zero-order chi connectivity index (χ0) is 22.1. The van der Waals surface area contributed by atoms with Crippen LogP contribution in [0.1, 0.15) is 21.5 Å². The Hall–Kier alpha value is -3.29. The van der Waals surface area contributed by atoms with Crippen molar-refractivity contribution in [3.63, 3.8) is 0 Å². The van der Waals surface area contributed by atoms with Gasteiger partial charge in [-0.15, -0.1) is 0 Å². The summed E-state index contributed by atoms with van der Waals surface area (Å²) >= 11 is 11.6. The summed E-state index contributed by atoms with van der Waals surface area (Å²) in [6.45, 7) is 3.96. The molecule has 4 rings (SSSR count). The molecule has 0 saturated carbocycles. The van der Waals surface area contributed by atoms with E-state index in [1.165, 1.54) is 24.3 Å². The molecule has 156 valence electrons. The van der Waals surface area contributed by atoms with Gasteiger partial charge < -0.3 is 9.73 Å². The van der Waals surface area contributed by atoms with E-state index in [0.29, 0.717) is 33.3 Å². The van der Waals surface area contributed by atoms with Gasteiger partial charge in [-0.3, -0.25) is 10.1 Å². The molecule has 0 radical (unpaired) electrons. The fourth-order valence-electron chi connectivity index (χ4n) is 3.20. The van der Waals surface area contributed by atoms with E-state index in [4.69, 9.17) is 28.2 Å². The van der Waals surface area contributed by atoms with Gasteiger partial charge in [-0.25, -0.2) is 9.37 Å². The van der Waals surface area contributed by atoms with Crippen LogP contribution in [0.25, 0.3) is 22.6 Å². The molecule has 8 heteroatoms. The zero-order valence-corrected chi connectivity index (χ0v) is 18.2. The summed E-state index contributed by atoms with van der Waals surface area (Å²) < 4.78 is 19.0. The van der Waals surface area contributed by atoms with Crippen LogP contribution in [0, 0.1) is 19.7 Å². The summed E-state index contributed by atoms with van der Waals surface area (Å²) in [6, 6.07) is 14.3. The summed E-state index contributed by atoms with van der Waals surface area (Å²) in [6.07, 6.45) is 0. The lowest BCUT2D eigenvalue weighted by Gasteiger charge is -2.11. The lowest BCUT2D eigenvalue weighted by Crippen LogP contribution is -2.34. The Balaban J connectivity index is 1.55. The maximum atomic E-state index is 13.0. The fourth-order valence-corrected chi connectivity index (χ4v) is 3.61. The van der Waals surface area contributed by atoms with Crippen LogP contribution in [-0.2, 0) is 0 Å². The summed E-state index contributed by atoms with van der Waals surface area (Å²) in [7, 11) is 0. The first-order valence-electron chi connectivity index (χ1n) is 9.36. The highest BCUT2D eigenvalue weighted by Gasteiger charge is 2.15. The van der Waals surface area contributed by atoms with Crippen LogP contribution in [0.4, 0.5) is 10.1 Å². The third kappa shape index (κ3) is 4.57. The fraction of sp³-hybridized carbons (Fsp3) is 0.0870. The number of rotatable bonds is 3. The maximum absolute atomic E-state index is 13.0. The van der Waals surface area contributed by atoms with E-state index in [-0.39, 0.29) is 5.11 Å². The molecule has 0 unspecified atom stereocenters. The highest BCUT2D eigenvalue weighted by atomic mass is 35.5. The van der Waals surface area contributed by atoms with E-state index >= 15 is 0 Å². The number of carbonyl (C=O) groups excluding carboxylic acids is 1. The molecule has 0 atom stereocenters. The number of halogens is 2. The molecule has 5 nitrogen and oxygen atoms in total. The number of amides is 1. The van der Waals surface area contributed by atoms with Crippen molar-refractivity contribution < 1.29 is 13.6 Å². The van der Waals surface area contributed by atoms with Crippen molar-refractivity contribution in [2.24, 2.45) is 0 Å². The van der Waals surface area contributed by atoms with Gasteiger partial charge in [0.2, 0.25) is 5.89 Å². The minimum absolute atomic E-state index is 0.0895. The van der Waals surface area contributed by atoms with Gasteiger partial charge in [-0.1, -0.05) is 17.7 Å². The number of anilines is 1. The highest BCUT2D eigenvalue weighted by Crippen LogP contribution is 2.33. The standard InChI is InChI=1S/C23H17ClFN3O2S/c1-12-9-13(2)20-19(10-12)27-22(30-20)17-11-16(7-8-18(17)24)26-23(31)28-21(29)14-3-5-15(25)6-4-14/h3-11H,1-2H3,(H2,26,28,29,31). The lowest BCUT2D eigenvalue weighted by molar-refractivity contribution is 0.0977. The molecule has 0 spiro atoms. The number of benzene rings is 3. The predicted molar refractivity (Wildman–Crippen MR) is 124 cm³/mol. The van der Waals surface area contributed by atoms with Crippen LogP contribution in [0.15, 0.2) is 59.0 Å². The van der Waals surface area contributed by atoms with Gasteiger partial charge in [0, 0.05) is 11.3 Å². The SMILES string of the molecule is Cc1cc(C)c2oc(-c3cc(NC(=S)NC(=O)c4ccc(F)cc4)ccc3Cl)nc2c1. The zero-order valence-electron chi connectivity index (χ0n) is 16.6. The first-order valence-corrected chi connectivity index (χ1v) is 10.1. The Bertz CT molecular complexity index is 1320. The number of nitrogens with zero attached hydrogens (tertiary/aromatic N) is 1. The third-order valence-corrected chi connectivity index (χ3v) is 5.14. The van der Waals surface area contributed by atoms with E-state index in [0.717, 1.165) is 16.6 Å². The molecule has 0 aliphatic carbocycles. The van der Waals surface area contributed by atoms with E-state index in [2.05, 4.69) is 15.6 Å². The number of aryl methyl sites for hydroxylation is 2. The molecular formula is C23H17ClFN3O2S. The smallest absolute Gasteiger partial charge is 0.257 e. The van der Waals surface area contributed by atoms with Crippen molar-refractivity contribution in [2.45, 2.75) is 13.8 Å². The van der Waals surface area contributed by atoms with Crippen LogP contribution in [0.3, 0.4) is 0 Å². The maximum Gasteiger partial charge on any atom is 0.257 e. The number of hydrogen-bond donors (Lipinski definition) is 2. The number of fused-ring (bicyclic) bond motifs is 1. The van der Waals surface area contributed by atoms with E-state index < -0.39 is 11.7 Å². The monoisotopic (exact) mass is 453 g/mol. The Labute approximate surface area is 188 Å². The van der Waals surface area contributed by atoms with Crippen LogP contribution in [0.5, 0.6) is 0 Å². The second kappa shape index (κ2) is 8.45. The predicted octanol–water partition coefficient (Wildman–Crippen LogP) is 6.03. The molecular weight excluding hydrogens is 437 g/mol. The quantitative estimate of drug-likeness (QED) is 0.371. The van der Waals surface area contributed by atoms with Crippen molar-refractivity contribution in [1.29, 1.82) is 0 Å². The molecule has 4 aromatic rings. The molecule has 3 aromatic carbocycles. The molecule has 1 amide bonds. The summed E-state index contributed by atoms with van der Waals surface area (Å²) in [5.41, 5.74) is 5.02. The molecule has 31 heavy (non-hydrogen) atoms. The number of carbonyl (C=O) groups is 1. The number of thiocarbonyl (C=S) groups is 1. The molecule has 0 bridgehead atoms. The Morgan fingerprint density at radius 3 is 2.58 bits per heavy atom. The topological polar surface area (TPSA) is 67.2 Å². The second-order valence-corrected chi connectivity index (χ2v) is 7.87. The average Bonchev–Trinajstić information content (AvgIpc) is 3.14. The van der Waals surface area contributed by atoms with Crippen molar-refractivity contribution in [3.05, 3.63) is 82.1 Å². The highest BCUT2D eigenvalue weighted by molar-refractivity contribution is 7.80. The first kappa shape index (κ1) is 21.0. The Morgan fingerprint density at radius 1 is 1.10 bits per heavy atom. The molecule has 0 aliphatic rings. The molecule has 0 saturated heterocycles. The van der Waals surface area contributed by atoms with Gasteiger partial charge in [-0.05, 0) is 85.7 Å². The summed E-state index contributed by atoms with van der Waals surface area (Å²) in [5.74, 6) is -0.481. The van der Waals surface area contributed by atoms with Gasteiger partial charge >= 0.3 is 0 Å². The number of hydrogen-bond acceptors (Lipinski definition) is 4. The van der Waals surface area contributed by atoms with Crippen molar-refractivity contribution in [1.82, 2.24) is 10.3 Å². The third-order valence-electron chi connectivity index (χ3n) is 4.61. The normalized spacial score (nSPS) is 10.8. The van der Waals surface area contributed by atoms with Crippen LogP contribution >= 0.6 is 23.8 Å². The van der Waals surface area contributed by atoms with Gasteiger partial charge in [0.05, 0.1) is 10.6 Å². The van der Waals surface area contributed by atoms with Crippen molar-refractivity contribution in [3.8, 4) is 11.5 Å². The largest absolute Gasteiger partial charge is 0.436 e. The molecule has 1 heterocycles. The van der Waals surface area contributed by atoms with Crippen LogP contribution in [0.2, 0.25) is 5.02 Å². The van der Waals surface area contributed by atoms with Gasteiger partial charge in [0.1, 0.15) is 11.3 Å². The van der Waals surface area contributed by atoms with E-state index in [1.54, 1.807) is 18.2 Å². The van der Waals surface area contributed by atoms with Gasteiger partial charge in [0.25, 0.3) is 5.91 Å². The number of aromatic nitrogens is 1.